The molecule has 0 amide bonds. The minimum atomic E-state index is -4.96. The van der Waals surface area contributed by atoms with Crippen LogP contribution in [0, 0.1) is 11.8 Å². The highest BCUT2D eigenvalue weighted by molar-refractivity contribution is 7.47. The summed E-state index contributed by atoms with van der Waals surface area (Å²) in [6.45, 7) is 9.65. The maximum Gasteiger partial charge on any atom is 0.472 e. The second kappa shape index (κ2) is 73.6. The van der Waals surface area contributed by atoms with E-state index in [-0.39, 0.29) is 25.7 Å². The predicted octanol–water partition coefficient (Wildman–Crippen LogP) is 24.7. The molecule has 0 aliphatic rings. The van der Waals surface area contributed by atoms with E-state index in [0.29, 0.717) is 31.6 Å². The van der Waals surface area contributed by atoms with Crippen LogP contribution in [-0.2, 0) is 65.4 Å². The van der Waals surface area contributed by atoms with Crippen molar-refractivity contribution in [2.24, 2.45) is 11.8 Å². The van der Waals surface area contributed by atoms with E-state index in [1.807, 2.05) is 0 Å². The van der Waals surface area contributed by atoms with Crippen molar-refractivity contribution in [3.05, 3.63) is 0 Å². The Labute approximate surface area is 619 Å². The van der Waals surface area contributed by atoms with Crippen LogP contribution < -0.4 is 0 Å². The molecule has 101 heavy (non-hydrogen) atoms. The van der Waals surface area contributed by atoms with E-state index in [1.165, 1.54) is 244 Å². The number of phosphoric ester groups is 2. The molecule has 0 aromatic rings. The molecule has 0 fully saturated rings. The van der Waals surface area contributed by atoms with Crippen LogP contribution in [0.3, 0.4) is 0 Å². The first-order chi connectivity index (χ1) is 48.9. The number of ether oxygens (including phenoxy) is 4. The van der Waals surface area contributed by atoms with Crippen molar-refractivity contribution < 1.29 is 80.2 Å². The second-order valence-electron chi connectivity index (χ2n) is 30.2. The Balaban J connectivity index is 5.21. The molecule has 0 saturated carbocycles. The predicted molar refractivity (Wildman–Crippen MR) is 414 cm³/mol. The van der Waals surface area contributed by atoms with Gasteiger partial charge in [-0.25, -0.2) is 9.13 Å². The summed E-state index contributed by atoms with van der Waals surface area (Å²) in [5.74, 6) is -0.532. The van der Waals surface area contributed by atoms with E-state index in [4.69, 9.17) is 37.0 Å². The van der Waals surface area contributed by atoms with Gasteiger partial charge in [0.1, 0.15) is 19.3 Å². The molecule has 3 N–H and O–H groups in total. The zero-order chi connectivity index (χ0) is 74.2. The molecule has 0 radical (unpaired) electrons. The number of hydrogen-bond donors (Lipinski definition) is 3. The molecule has 17 nitrogen and oxygen atoms in total. The Morgan fingerprint density at radius 3 is 0.752 bits per heavy atom. The highest BCUT2D eigenvalue weighted by Gasteiger charge is 2.30. The Hall–Kier alpha value is -1.94. The lowest BCUT2D eigenvalue weighted by atomic mass is 9.99. The van der Waals surface area contributed by atoms with Crippen molar-refractivity contribution in [2.45, 2.75) is 452 Å². The van der Waals surface area contributed by atoms with E-state index in [0.717, 1.165) is 102 Å². The first-order valence-corrected chi connectivity index (χ1v) is 45.5. The van der Waals surface area contributed by atoms with Crippen molar-refractivity contribution in [1.82, 2.24) is 0 Å². The lowest BCUT2D eigenvalue weighted by molar-refractivity contribution is -0.161. The molecule has 0 rings (SSSR count). The largest absolute Gasteiger partial charge is 0.472 e. The Bertz CT molecular complexity index is 1940. The first kappa shape index (κ1) is 99.1. The van der Waals surface area contributed by atoms with Crippen LogP contribution in [0.5, 0.6) is 0 Å². The molecule has 0 aromatic carbocycles. The van der Waals surface area contributed by atoms with E-state index in [9.17, 15) is 43.2 Å². The number of unbranched alkanes of at least 4 members (excludes halogenated alkanes) is 50. The lowest BCUT2D eigenvalue weighted by Gasteiger charge is -2.21. The molecular formula is C82H160O17P2. The molecule has 0 spiro atoms. The Kier molecular flexibility index (Phi) is 72.2. The Morgan fingerprint density at radius 2 is 0.505 bits per heavy atom. The molecule has 0 bridgehead atoms. The molecule has 19 heteroatoms. The fourth-order valence-electron chi connectivity index (χ4n) is 12.7. The van der Waals surface area contributed by atoms with Gasteiger partial charge in [-0.3, -0.25) is 37.3 Å². The van der Waals surface area contributed by atoms with Gasteiger partial charge in [-0.05, 0) is 37.5 Å². The van der Waals surface area contributed by atoms with Crippen LogP contribution in [-0.4, -0.2) is 96.7 Å². The maximum atomic E-state index is 13.1. The van der Waals surface area contributed by atoms with Crippen LogP contribution in [0.15, 0.2) is 0 Å². The number of phosphoric acid groups is 2. The monoisotopic (exact) mass is 1480 g/mol. The Morgan fingerprint density at radius 1 is 0.287 bits per heavy atom. The molecule has 6 atom stereocenters. The van der Waals surface area contributed by atoms with E-state index in [2.05, 4.69) is 41.5 Å². The lowest BCUT2D eigenvalue weighted by Crippen LogP contribution is -2.30. The smallest absolute Gasteiger partial charge is 0.462 e. The van der Waals surface area contributed by atoms with Crippen molar-refractivity contribution >= 4 is 39.5 Å². The molecule has 0 aromatic heterocycles. The highest BCUT2D eigenvalue weighted by atomic mass is 31.2. The van der Waals surface area contributed by atoms with Crippen LogP contribution in [0.1, 0.15) is 433 Å². The van der Waals surface area contributed by atoms with Gasteiger partial charge in [0, 0.05) is 25.7 Å². The zero-order valence-corrected chi connectivity index (χ0v) is 68.0. The van der Waals surface area contributed by atoms with Crippen molar-refractivity contribution in [3.63, 3.8) is 0 Å². The summed E-state index contributed by atoms with van der Waals surface area (Å²) in [7, 11) is -9.92. The van der Waals surface area contributed by atoms with Crippen LogP contribution in [0.25, 0.3) is 0 Å². The summed E-state index contributed by atoms with van der Waals surface area (Å²) in [5, 5.41) is 10.6. The van der Waals surface area contributed by atoms with Gasteiger partial charge >= 0.3 is 39.5 Å². The second-order valence-corrected chi connectivity index (χ2v) is 33.1. The third kappa shape index (κ3) is 74.7. The molecule has 0 saturated heterocycles. The summed E-state index contributed by atoms with van der Waals surface area (Å²) >= 11 is 0. The molecule has 0 aliphatic carbocycles. The third-order valence-electron chi connectivity index (χ3n) is 19.6. The van der Waals surface area contributed by atoms with Gasteiger partial charge in [-0.15, -0.1) is 0 Å². The third-order valence-corrected chi connectivity index (χ3v) is 21.5. The van der Waals surface area contributed by atoms with Crippen LogP contribution in [0.2, 0.25) is 0 Å². The molecule has 0 heterocycles. The number of esters is 4. The number of aliphatic hydroxyl groups excluding tert-OH is 1. The molecule has 600 valence electrons. The number of rotatable bonds is 81. The summed E-state index contributed by atoms with van der Waals surface area (Å²) in [6, 6.07) is 0. The maximum absolute atomic E-state index is 13.1. The van der Waals surface area contributed by atoms with E-state index >= 15 is 0 Å². The standard InChI is InChI=1S/C82H160O17P2/c1-7-10-12-14-16-18-20-22-23-26-30-33-37-40-46-52-58-64-79(84)92-70-77(98-82(87)67-61-55-48-42-38-34-31-28-25-24-27-29-32-35-39-45-51-57-63-75(6)9-3)72-96-100(88,89)94-68-76(83)69-95-101(90,91)97-73-78(71-93-80(85)65-59-53-49-43-44-50-56-62-74(4)5)99-81(86)66-60-54-47-41-36-21-19-17-15-13-11-8-2/h74-78,83H,7-73H2,1-6H3,(H,88,89)(H,90,91)/t75?,76-,77-,78-/m1/s1. The van der Waals surface area contributed by atoms with Gasteiger partial charge in [-0.1, -0.05) is 382 Å². The minimum Gasteiger partial charge on any atom is -0.462 e. The summed E-state index contributed by atoms with van der Waals surface area (Å²) < 4.78 is 68.7. The van der Waals surface area contributed by atoms with Gasteiger partial charge in [0.2, 0.25) is 0 Å². The number of carbonyl (C=O) groups excluding carboxylic acids is 4. The number of aliphatic hydroxyl groups is 1. The molecule has 3 unspecified atom stereocenters. The fourth-order valence-corrected chi connectivity index (χ4v) is 14.3. The van der Waals surface area contributed by atoms with Crippen LogP contribution >= 0.6 is 15.6 Å². The molecular weight excluding hydrogens is 1320 g/mol. The minimum absolute atomic E-state index is 0.107. The first-order valence-electron chi connectivity index (χ1n) is 42.5. The summed E-state index contributed by atoms with van der Waals surface area (Å²) in [6.07, 6.45) is 63.9. The normalized spacial score (nSPS) is 14.2. The summed E-state index contributed by atoms with van der Waals surface area (Å²) in [5.41, 5.74) is 0. The number of carbonyl (C=O) groups is 4. The van der Waals surface area contributed by atoms with E-state index < -0.39 is 97.5 Å². The van der Waals surface area contributed by atoms with Gasteiger partial charge < -0.3 is 33.8 Å². The zero-order valence-electron chi connectivity index (χ0n) is 66.2. The van der Waals surface area contributed by atoms with Gasteiger partial charge in [0.05, 0.1) is 26.4 Å². The van der Waals surface area contributed by atoms with Gasteiger partial charge in [0.15, 0.2) is 12.2 Å². The molecule has 0 aliphatic heterocycles. The van der Waals surface area contributed by atoms with Crippen molar-refractivity contribution in [3.8, 4) is 0 Å². The summed E-state index contributed by atoms with van der Waals surface area (Å²) in [4.78, 5) is 73.0. The quantitative estimate of drug-likeness (QED) is 0.0222. The SMILES string of the molecule is CCCCCCCCCCCCCCCCCCCC(=O)OC[C@H](COP(=O)(O)OC[C@@H](O)COP(=O)(O)OC[C@@H](COC(=O)CCCCCCCCCC(C)C)OC(=O)CCCCCCCCCCCCCC)OC(=O)CCCCCCCCCCCCCCCCCCCCC(C)CC. The van der Waals surface area contributed by atoms with Crippen molar-refractivity contribution in [2.75, 3.05) is 39.6 Å². The van der Waals surface area contributed by atoms with Crippen molar-refractivity contribution in [1.29, 1.82) is 0 Å². The van der Waals surface area contributed by atoms with Gasteiger partial charge in [-0.2, -0.15) is 0 Å². The van der Waals surface area contributed by atoms with Crippen LogP contribution in [0.4, 0.5) is 0 Å². The fraction of sp³-hybridized carbons (Fsp3) is 0.951. The average molecular weight is 1480 g/mol. The average Bonchev–Trinajstić information content (AvgIpc) is 1.06. The number of hydrogen-bond acceptors (Lipinski definition) is 15. The van der Waals surface area contributed by atoms with E-state index in [1.54, 1.807) is 0 Å². The van der Waals surface area contributed by atoms with Gasteiger partial charge in [0.25, 0.3) is 0 Å². The topological polar surface area (TPSA) is 237 Å². The highest BCUT2D eigenvalue weighted by Crippen LogP contribution is 2.45.